The number of rotatable bonds is 2. The largest absolute Gasteiger partial charge is 0.498 e. The van der Waals surface area contributed by atoms with Crippen molar-refractivity contribution in [2.75, 3.05) is 14.1 Å². The fourth-order valence-electron chi connectivity index (χ4n) is 1.66. The molecule has 0 bridgehead atoms. The average molecular weight is 249 g/mol. The summed E-state index contributed by atoms with van der Waals surface area (Å²) in [7, 11) is 3.42. The second-order valence-corrected chi connectivity index (χ2v) is 5.80. The molecule has 2 rings (SSSR count). The zero-order valence-electron chi connectivity index (χ0n) is 11.9. The molecule has 1 saturated heterocycles. The molecule has 1 radical (unpaired) electrons. The lowest BCUT2D eigenvalue weighted by Crippen LogP contribution is -2.41. The van der Waals surface area contributed by atoms with Crippen LogP contribution in [-0.2, 0) is 9.31 Å². The Morgan fingerprint density at radius 1 is 1.00 bits per heavy atom. The highest BCUT2D eigenvalue weighted by Crippen LogP contribution is 2.36. The van der Waals surface area contributed by atoms with E-state index in [9.17, 15) is 0 Å². The molecule has 0 aliphatic carbocycles. The van der Waals surface area contributed by atoms with E-state index in [4.69, 9.17) is 9.31 Å². The molecule has 1 aliphatic heterocycles. The van der Waals surface area contributed by atoms with E-state index in [0.717, 1.165) is 5.46 Å². The molecule has 0 spiro atoms. The Balaban J connectivity index is 2.19. The first-order valence-corrected chi connectivity index (χ1v) is 6.08. The highest BCUT2D eigenvalue weighted by Gasteiger charge is 2.52. The molecule has 0 unspecified atom stereocenters. The van der Waals surface area contributed by atoms with Crippen LogP contribution in [0.2, 0.25) is 0 Å². The maximum atomic E-state index is 5.93. The van der Waals surface area contributed by atoms with Crippen LogP contribution in [0.5, 0.6) is 0 Å². The summed E-state index contributed by atoms with van der Waals surface area (Å²) < 4.78 is 11.9. The van der Waals surface area contributed by atoms with Gasteiger partial charge in [-0.2, -0.15) is 9.97 Å². The van der Waals surface area contributed by atoms with Gasteiger partial charge in [0.1, 0.15) is 14.1 Å². The predicted octanol–water partition coefficient (Wildman–Crippen LogP) is 0.807. The number of hydrogen-bond donors (Lipinski definition) is 0. The first-order valence-electron chi connectivity index (χ1n) is 6.08. The molecule has 0 saturated carbocycles. The van der Waals surface area contributed by atoms with Crippen molar-refractivity contribution in [1.29, 1.82) is 0 Å². The molecular formula is C12H20BN3O2+. The number of aromatic nitrogens is 2. The Labute approximate surface area is 109 Å². The highest BCUT2D eigenvalue weighted by atomic mass is 16.7. The van der Waals surface area contributed by atoms with Gasteiger partial charge in [0.25, 0.3) is 0 Å². The standard InChI is InChI=1S/C12H20BN3O2/c1-11(2)12(3,4)18-13(17-11)9-7-14-10(15-8-9)16(5)6/h7-8H,1-6H3/q+1. The van der Waals surface area contributed by atoms with Gasteiger partial charge in [0.05, 0.1) is 11.2 Å². The molecule has 0 aromatic carbocycles. The van der Waals surface area contributed by atoms with Crippen molar-refractivity contribution in [3.8, 4) is 0 Å². The number of nitrogens with zero attached hydrogens (tertiary/aromatic N) is 3. The van der Waals surface area contributed by atoms with E-state index in [1.165, 1.54) is 0 Å². The van der Waals surface area contributed by atoms with Gasteiger partial charge in [-0.3, -0.25) is 0 Å². The van der Waals surface area contributed by atoms with Gasteiger partial charge in [-0.1, -0.05) is 0 Å². The van der Waals surface area contributed by atoms with E-state index in [1.54, 1.807) is 12.4 Å². The van der Waals surface area contributed by atoms with Crippen LogP contribution in [-0.4, -0.2) is 42.4 Å². The van der Waals surface area contributed by atoms with Crippen LogP contribution in [0.3, 0.4) is 0 Å². The van der Waals surface area contributed by atoms with Crippen LogP contribution in [0.1, 0.15) is 27.7 Å². The maximum Gasteiger partial charge on any atom is 0.498 e. The van der Waals surface area contributed by atoms with Gasteiger partial charge in [-0.05, 0) is 27.7 Å². The van der Waals surface area contributed by atoms with Crippen molar-refractivity contribution in [1.82, 2.24) is 14.9 Å². The molecule has 0 atom stereocenters. The van der Waals surface area contributed by atoms with Crippen LogP contribution >= 0.6 is 0 Å². The van der Waals surface area contributed by atoms with Crippen LogP contribution in [0.4, 0.5) is 5.95 Å². The van der Waals surface area contributed by atoms with Crippen molar-refractivity contribution < 1.29 is 9.31 Å². The lowest BCUT2D eigenvalue weighted by atomic mass is 9.81. The monoisotopic (exact) mass is 249 g/mol. The first kappa shape index (κ1) is 13.5. The molecule has 1 aliphatic rings. The van der Waals surface area contributed by atoms with Crippen molar-refractivity contribution in [2.24, 2.45) is 0 Å². The topological polar surface area (TPSA) is 50.1 Å². The average Bonchev–Trinajstić information content (AvgIpc) is 2.48. The van der Waals surface area contributed by atoms with Crippen molar-refractivity contribution in [3.05, 3.63) is 12.4 Å². The first-order chi connectivity index (χ1) is 8.23. The lowest BCUT2D eigenvalue weighted by molar-refractivity contribution is 0.00578. The molecule has 0 amide bonds. The van der Waals surface area contributed by atoms with E-state index in [1.807, 2.05) is 46.7 Å². The lowest BCUT2D eigenvalue weighted by Gasteiger charge is -2.32. The van der Waals surface area contributed by atoms with Gasteiger partial charge in [-0.15, -0.1) is 4.90 Å². The van der Waals surface area contributed by atoms with Gasteiger partial charge in [-0.25, -0.2) is 0 Å². The fraction of sp³-hybridized carbons (Fsp3) is 0.667. The second kappa shape index (κ2) is 4.29. The molecule has 6 heteroatoms. The van der Waals surface area contributed by atoms with Crippen LogP contribution < -0.4 is 10.4 Å². The maximum absolute atomic E-state index is 5.93. The predicted molar refractivity (Wildman–Crippen MR) is 71.4 cm³/mol. The van der Waals surface area contributed by atoms with Crippen LogP contribution in [0.25, 0.3) is 0 Å². The van der Waals surface area contributed by atoms with Gasteiger partial charge < -0.3 is 9.31 Å². The SMILES string of the molecule is C[N+](C)c1ncc(B2OC(C)(C)C(C)(C)O2)cn1. The van der Waals surface area contributed by atoms with E-state index in [0.29, 0.717) is 5.95 Å². The zero-order valence-corrected chi connectivity index (χ0v) is 11.9. The van der Waals surface area contributed by atoms with Gasteiger partial charge in [0.15, 0.2) is 0 Å². The summed E-state index contributed by atoms with van der Waals surface area (Å²) in [5.74, 6) is 0.676. The minimum absolute atomic E-state index is 0.335. The Bertz CT molecular complexity index is 415. The Morgan fingerprint density at radius 2 is 1.44 bits per heavy atom. The molecule has 0 N–H and O–H groups in total. The third kappa shape index (κ3) is 2.28. The molecule has 1 fully saturated rings. The molecule has 18 heavy (non-hydrogen) atoms. The fourth-order valence-corrected chi connectivity index (χ4v) is 1.66. The molecule has 5 nitrogen and oxygen atoms in total. The minimum Gasteiger partial charge on any atom is -0.399 e. The number of hydrogen-bond acceptors (Lipinski definition) is 5. The van der Waals surface area contributed by atoms with E-state index in [-0.39, 0.29) is 11.2 Å². The van der Waals surface area contributed by atoms with Crippen LogP contribution in [0, 0.1) is 0 Å². The third-order valence-corrected chi connectivity index (χ3v) is 3.58. The van der Waals surface area contributed by atoms with Gasteiger partial charge in [0, 0.05) is 17.9 Å². The Morgan fingerprint density at radius 3 is 1.83 bits per heavy atom. The summed E-state index contributed by atoms with van der Waals surface area (Å²) >= 11 is 0. The molecular weight excluding hydrogens is 229 g/mol. The van der Waals surface area contributed by atoms with E-state index < -0.39 is 7.12 Å². The second-order valence-electron chi connectivity index (χ2n) is 5.80. The zero-order chi connectivity index (χ0) is 13.6. The van der Waals surface area contributed by atoms with Gasteiger partial charge >= 0.3 is 13.1 Å². The van der Waals surface area contributed by atoms with Crippen LogP contribution in [0.15, 0.2) is 12.4 Å². The van der Waals surface area contributed by atoms with E-state index in [2.05, 4.69) is 9.97 Å². The summed E-state index contributed by atoms with van der Waals surface area (Å²) in [4.78, 5) is 10.4. The molecule has 97 valence electrons. The van der Waals surface area contributed by atoms with Crippen molar-refractivity contribution >= 4 is 18.5 Å². The summed E-state index contributed by atoms with van der Waals surface area (Å²) in [5, 5.41) is 0. The van der Waals surface area contributed by atoms with E-state index >= 15 is 0 Å². The minimum atomic E-state index is -0.397. The quantitative estimate of drug-likeness (QED) is 0.574. The smallest absolute Gasteiger partial charge is 0.399 e. The van der Waals surface area contributed by atoms with Crippen molar-refractivity contribution in [3.63, 3.8) is 0 Å². The molecule has 2 heterocycles. The third-order valence-electron chi connectivity index (χ3n) is 3.58. The normalized spacial score (nSPS) is 21.6. The summed E-state index contributed by atoms with van der Waals surface area (Å²) in [6.45, 7) is 8.12. The number of anilines is 1. The summed E-state index contributed by atoms with van der Waals surface area (Å²) in [6.07, 6.45) is 3.51. The molecule has 1 aromatic rings. The summed E-state index contributed by atoms with van der Waals surface area (Å²) in [6, 6.07) is 0. The Hall–Kier alpha value is -0.975. The molecule has 1 aromatic heterocycles. The summed E-state index contributed by atoms with van der Waals surface area (Å²) in [5.41, 5.74) is 0.176. The van der Waals surface area contributed by atoms with Crippen molar-refractivity contribution in [2.45, 2.75) is 38.9 Å². The Kier molecular flexibility index (Phi) is 3.21. The highest BCUT2D eigenvalue weighted by molar-refractivity contribution is 6.61. The van der Waals surface area contributed by atoms with Gasteiger partial charge in [0.2, 0.25) is 0 Å².